The average Bonchev–Trinajstić information content (AvgIpc) is 3.13. The molecule has 1 N–H and O–H groups in total. The molecule has 0 radical (unpaired) electrons. The third-order valence-electron chi connectivity index (χ3n) is 5.18. The van der Waals surface area contributed by atoms with E-state index in [-0.39, 0.29) is 17.2 Å². The number of halogens is 1. The van der Waals surface area contributed by atoms with Crippen molar-refractivity contribution >= 4 is 28.1 Å². The summed E-state index contributed by atoms with van der Waals surface area (Å²) in [5.41, 5.74) is 3.84. The zero-order chi connectivity index (χ0) is 15.7. The van der Waals surface area contributed by atoms with Gasteiger partial charge < -0.3 is 4.74 Å². The Labute approximate surface area is 139 Å². The molecule has 2 aliphatic rings. The number of carbonyl (C=O) groups is 1. The molecular formula is C17H21BrN2O2. The molecule has 22 heavy (non-hydrogen) atoms. The first-order valence-electron chi connectivity index (χ1n) is 7.73. The smallest absolute Gasteiger partial charge is 0.244 e. The molecule has 0 bridgehead atoms. The number of amides is 1. The number of carbonyl (C=O) groups excluding carboxylic acids is 1. The fourth-order valence-electron chi connectivity index (χ4n) is 3.85. The topological polar surface area (TPSA) is 50.7 Å². The highest BCUT2D eigenvalue weighted by Crippen LogP contribution is 2.66. The highest BCUT2D eigenvalue weighted by molar-refractivity contribution is 9.10. The molecule has 118 valence electrons. The van der Waals surface area contributed by atoms with Gasteiger partial charge in [0.1, 0.15) is 5.75 Å². The number of ether oxygens (including phenoxy) is 1. The van der Waals surface area contributed by atoms with Crippen molar-refractivity contribution in [1.82, 2.24) is 5.43 Å². The summed E-state index contributed by atoms with van der Waals surface area (Å²) in [6.45, 7) is 2.24. The molecular weight excluding hydrogens is 344 g/mol. The van der Waals surface area contributed by atoms with Crippen molar-refractivity contribution in [3.05, 3.63) is 28.2 Å². The minimum Gasteiger partial charge on any atom is -0.496 e. The van der Waals surface area contributed by atoms with Gasteiger partial charge >= 0.3 is 0 Å². The Bertz CT molecular complexity index is 617. The molecule has 3 atom stereocenters. The lowest BCUT2D eigenvalue weighted by Crippen LogP contribution is -2.22. The largest absolute Gasteiger partial charge is 0.496 e. The molecule has 5 heteroatoms. The van der Waals surface area contributed by atoms with Crippen LogP contribution in [0.5, 0.6) is 5.75 Å². The maximum absolute atomic E-state index is 12.3. The van der Waals surface area contributed by atoms with Gasteiger partial charge in [-0.3, -0.25) is 4.79 Å². The SMILES string of the molecule is COc1ccc(/C=N\NC(=O)[C@@H]2[C@@H]3CCCC[C@@]23C)cc1Br. The molecule has 2 saturated carbocycles. The van der Waals surface area contributed by atoms with Crippen LogP contribution in [-0.4, -0.2) is 19.2 Å². The van der Waals surface area contributed by atoms with Gasteiger partial charge in [0.2, 0.25) is 5.91 Å². The zero-order valence-electron chi connectivity index (χ0n) is 12.9. The molecule has 0 saturated heterocycles. The summed E-state index contributed by atoms with van der Waals surface area (Å²) >= 11 is 3.44. The highest BCUT2D eigenvalue weighted by atomic mass is 79.9. The summed E-state index contributed by atoms with van der Waals surface area (Å²) in [7, 11) is 1.63. The Kier molecular flexibility index (Phi) is 4.26. The van der Waals surface area contributed by atoms with E-state index in [9.17, 15) is 4.79 Å². The molecule has 0 heterocycles. The predicted molar refractivity (Wildman–Crippen MR) is 90.0 cm³/mol. The lowest BCUT2D eigenvalue weighted by Gasteiger charge is -2.15. The van der Waals surface area contributed by atoms with Crippen LogP contribution in [0, 0.1) is 17.3 Å². The third-order valence-corrected chi connectivity index (χ3v) is 5.80. The van der Waals surface area contributed by atoms with Gasteiger partial charge in [-0.15, -0.1) is 0 Å². The van der Waals surface area contributed by atoms with E-state index in [2.05, 4.69) is 33.4 Å². The van der Waals surface area contributed by atoms with Gasteiger partial charge in [-0.25, -0.2) is 5.43 Å². The summed E-state index contributed by atoms with van der Waals surface area (Å²) in [4.78, 5) is 12.3. The van der Waals surface area contributed by atoms with E-state index in [4.69, 9.17) is 4.74 Å². The number of hydrogen-bond donors (Lipinski definition) is 1. The molecule has 0 aromatic heterocycles. The first-order valence-corrected chi connectivity index (χ1v) is 8.52. The first kappa shape index (κ1) is 15.5. The zero-order valence-corrected chi connectivity index (χ0v) is 14.5. The van der Waals surface area contributed by atoms with Crippen LogP contribution in [0.25, 0.3) is 0 Å². The van der Waals surface area contributed by atoms with E-state index in [1.807, 2.05) is 18.2 Å². The van der Waals surface area contributed by atoms with E-state index in [0.29, 0.717) is 5.92 Å². The molecule has 2 fully saturated rings. The second-order valence-electron chi connectivity index (χ2n) is 6.46. The molecule has 1 aromatic carbocycles. The molecule has 0 spiro atoms. The number of hydrazone groups is 1. The number of nitrogens with one attached hydrogen (secondary N) is 1. The van der Waals surface area contributed by atoms with Gasteiger partial charge in [0.05, 0.1) is 17.8 Å². The normalized spacial score (nSPS) is 30.0. The van der Waals surface area contributed by atoms with Gasteiger partial charge in [0.25, 0.3) is 0 Å². The van der Waals surface area contributed by atoms with Crippen molar-refractivity contribution in [3.8, 4) is 5.75 Å². The Morgan fingerprint density at radius 2 is 2.32 bits per heavy atom. The van der Waals surface area contributed by atoms with Crippen molar-refractivity contribution < 1.29 is 9.53 Å². The second kappa shape index (κ2) is 6.03. The average molecular weight is 365 g/mol. The minimum absolute atomic E-state index is 0.0678. The fourth-order valence-corrected chi connectivity index (χ4v) is 4.41. The Hall–Kier alpha value is -1.36. The van der Waals surface area contributed by atoms with Crippen LogP contribution in [0.1, 0.15) is 38.2 Å². The molecule has 4 nitrogen and oxygen atoms in total. The molecule has 2 aliphatic carbocycles. The van der Waals surface area contributed by atoms with Crippen molar-refractivity contribution in [2.24, 2.45) is 22.4 Å². The fraction of sp³-hybridized carbons (Fsp3) is 0.529. The van der Waals surface area contributed by atoms with E-state index in [1.54, 1.807) is 13.3 Å². The number of benzene rings is 1. The molecule has 0 unspecified atom stereocenters. The standard InChI is InChI=1S/C17H21BrN2O2/c1-17-8-4-3-5-12(17)15(17)16(21)20-19-10-11-6-7-14(22-2)13(18)9-11/h6-7,9-10,12,15H,3-5,8H2,1-2H3,(H,20,21)/b19-10-/t12-,15-,17+/m0/s1. The lowest BCUT2D eigenvalue weighted by molar-refractivity contribution is -0.123. The maximum atomic E-state index is 12.3. The van der Waals surface area contributed by atoms with Gasteiger partial charge in [-0.05, 0) is 63.9 Å². The van der Waals surface area contributed by atoms with Crippen molar-refractivity contribution in [3.63, 3.8) is 0 Å². The van der Waals surface area contributed by atoms with Gasteiger partial charge in [-0.2, -0.15) is 5.10 Å². The van der Waals surface area contributed by atoms with Crippen LogP contribution in [0.3, 0.4) is 0 Å². The third kappa shape index (κ3) is 2.78. The summed E-state index contributed by atoms with van der Waals surface area (Å²) in [5.74, 6) is 1.55. The predicted octanol–water partition coefficient (Wildman–Crippen LogP) is 3.73. The van der Waals surface area contributed by atoms with Crippen LogP contribution in [0.4, 0.5) is 0 Å². The number of hydrogen-bond acceptors (Lipinski definition) is 3. The van der Waals surface area contributed by atoms with Crippen molar-refractivity contribution in [2.75, 3.05) is 7.11 Å². The first-order chi connectivity index (χ1) is 10.6. The number of methoxy groups -OCH3 is 1. The van der Waals surface area contributed by atoms with E-state index < -0.39 is 0 Å². The van der Waals surface area contributed by atoms with Crippen LogP contribution < -0.4 is 10.2 Å². The van der Waals surface area contributed by atoms with E-state index in [1.165, 1.54) is 25.7 Å². The Balaban J connectivity index is 1.58. The molecule has 0 aliphatic heterocycles. The number of fused-ring (bicyclic) bond motifs is 1. The monoisotopic (exact) mass is 364 g/mol. The summed E-state index contributed by atoms with van der Waals surface area (Å²) in [6, 6.07) is 5.67. The van der Waals surface area contributed by atoms with Crippen LogP contribution in [0.15, 0.2) is 27.8 Å². The summed E-state index contributed by atoms with van der Waals surface area (Å²) in [6.07, 6.45) is 6.53. The van der Waals surface area contributed by atoms with Crippen molar-refractivity contribution in [2.45, 2.75) is 32.6 Å². The quantitative estimate of drug-likeness (QED) is 0.653. The molecule has 1 amide bonds. The number of rotatable bonds is 4. The van der Waals surface area contributed by atoms with Crippen molar-refractivity contribution in [1.29, 1.82) is 0 Å². The highest BCUT2D eigenvalue weighted by Gasteiger charge is 2.64. The van der Waals surface area contributed by atoms with Crippen LogP contribution in [-0.2, 0) is 4.79 Å². The van der Waals surface area contributed by atoms with Gasteiger partial charge in [-0.1, -0.05) is 19.8 Å². The second-order valence-corrected chi connectivity index (χ2v) is 7.32. The Morgan fingerprint density at radius 1 is 1.50 bits per heavy atom. The minimum atomic E-state index is 0.0678. The summed E-state index contributed by atoms with van der Waals surface area (Å²) in [5, 5.41) is 4.10. The van der Waals surface area contributed by atoms with Gasteiger partial charge in [0.15, 0.2) is 0 Å². The van der Waals surface area contributed by atoms with Crippen LogP contribution in [0.2, 0.25) is 0 Å². The molecule has 1 aromatic rings. The van der Waals surface area contributed by atoms with Gasteiger partial charge in [0, 0.05) is 5.92 Å². The van der Waals surface area contributed by atoms with E-state index >= 15 is 0 Å². The lowest BCUT2D eigenvalue weighted by atomic mass is 9.90. The number of nitrogens with zero attached hydrogens (tertiary/aromatic N) is 1. The van der Waals surface area contributed by atoms with Crippen LogP contribution >= 0.6 is 15.9 Å². The van der Waals surface area contributed by atoms with E-state index in [0.717, 1.165) is 15.8 Å². The molecule has 3 rings (SSSR count). The maximum Gasteiger partial charge on any atom is 0.244 e. The Morgan fingerprint density at radius 3 is 2.95 bits per heavy atom. The summed E-state index contributed by atoms with van der Waals surface area (Å²) < 4.78 is 6.05.